The summed E-state index contributed by atoms with van der Waals surface area (Å²) in [5, 5.41) is 56.0. The third-order valence-electron chi connectivity index (χ3n) is 3.29. The summed E-state index contributed by atoms with van der Waals surface area (Å²) in [4.78, 5) is 8.00. The molecule has 1 heterocycles. The largest absolute Gasteiger partial charge is 0.394 e. The quantitative estimate of drug-likeness (QED) is 0.316. The van der Waals surface area contributed by atoms with Gasteiger partial charge < -0.3 is 30.6 Å². The second-order valence-electron chi connectivity index (χ2n) is 5.05. The van der Waals surface area contributed by atoms with E-state index < -0.39 is 31.0 Å². The Bertz CT molecular complexity index is 433. The molecule has 0 aliphatic carbocycles. The maximum Gasteiger partial charge on any atom is 0.126 e. The van der Waals surface area contributed by atoms with Gasteiger partial charge in [0.25, 0.3) is 0 Å². The van der Waals surface area contributed by atoms with Crippen LogP contribution < -0.4 is 0 Å². The standard InChI is InChI=1S/C13H22N2O6/c1-7(10(18)5-16)2-8-3-14-4-9(15-8)12(20)13(21)11(19)6-17/h3-4,7,10-13,16-21H,2,5-6H2,1H3/t7-,10+,11+,12+,13+/m1/s1. The molecule has 120 valence electrons. The maximum atomic E-state index is 9.89. The van der Waals surface area contributed by atoms with Gasteiger partial charge in [-0.1, -0.05) is 6.92 Å². The number of hydrogen-bond donors (Lipinski definition) is 6. The van der Waals surface area contributed by atoms with Crippen LogP contribution >= 0.6 is 0 Å². The van der Waals surface area contributed by atoms with E-state index in [1.165, 1.54) is 12.4 Å². The van der Waals surface area contributed by atoms with Crippen molar-refractivity contribution in [3.8, 4) is 0 Å². The lowest BCUT2D eigenvalue weighted by Gasteiger charge is -2.21. The molecule has 0 spiro atoms. The van der Waals surface area contributed by atoms with E-state index >= 15 is 0 Å². The molecule has 0 aromatic carbocycles. The zero-order chi connectivity index (χ0) is 16.0. The van der Waals surface area contributed by atoms with Crippen molar-refractivity contribution in [3.05, 3.63) is 23.8 Å². The second kappa shape index (κ2) is 8.32. The van der Waals surface area contributed by atoms with E-state index in [9.17, 15) is 20.4 Å². The van der Waals surface area contributed by atoms with E-state index in [1.807, 2.05) is 0 Å². The van der Waals surface area contributed by atoms with Crippen molar-refractivity contribution in [2.24, 2.45) is 5.92 Å². The first-order valence-corrected chi connectivity index (χ1v) is 6.65. The smallest absolute Gasteiger partial charge is 0.126 e. The van der Waals surface area contributed by atoms with Crippen LogP contribution in [0.5, 0.6) is 0 Å². The van der Waals surface area contributed by atoms with Crippen LogP contribution in [0.3, 0.4) is 0 Å². The third-order valence-corrected chi connectivity index (χ3v) is 3.29. The Hall–Kier alpha value is -1.16. The fourth-order valence-corrected chi connectivity index (χ4v) is 1.80. The molecule has 8 nitrogen and oxygen atoms in total. The Morgan fingerprint density at radius 3 is 2.19 bits per heavy atom. The van der Waals surface area contributed by atoms with Gasteiger partial charge in [-0.25, -0.2) is 0 Å². The van der Waals surface area contributed by atoms with Crippen molar-refractivity contribution in [3.63, 3.8) is 0 Å². The lowest BCUT2D eigenvalue weighted by molar-refractivity contribution is -0.0791. The molecule has 1 aromatic rings. The lowest BCUT2D eigenvalue weighted by Crippen LogP contribution is -2.35. The van der Waals surface area contributed by atoms with Crippen molar-refractivity contribution in [1.82, 2.24) is 9.97 Å². The van der Waals surface area contributed by atoms with Gasteiger partial charge in [0.15, 0.2) is 0 Å². The molecule has 5 atom stereocenters. The van der Waals surface area contributed by atoms with Crippen molar-refractivity contribution in [2.75, 3.05) is 13.2 Å². The van der Waals surface area contributed by atoms with Gasteiger partial charge in [-0.15, -0.1) is 0 Å². The van der Waals surface area contributed by atoms with Crippen LogP contribution in [0.25, 0.3) is 0 Å². The predicted octanol–water partition coefficient (Wildman–Crippen LogP) is -2.24. The summed E-state index contributed by atoms with van der Waals surface area (Å²) in [7, 11) is 0. The molecular formula is C13H22N2O6. The van der Waals surface area contributed by atoms with Crippen LogP contribution in [0, 0.1) is 5.92 Å². The minimum atomic E-state index is -1.58. The molecule has 8 heteroatoms. The molecule has 6 N–H and O–H groups in total. The van der Waals surface area contributed by atoms with Gasteiger partial charge in [-0.05, 0) is 12.3 Å². The van der Waals surface area contributed by atoms with E-state index in [0.717, 1.165) is 0 Å². The number of nitrogens with zero attached hydrogens (tertiary/aromatic N) is 2. The Balaban J connectivity index is 2.80. The molecule has 1 rings (SSSR count). The first kappa shape index (κ1) is 17.9. The third kappa shape index (κ3) is 4.95. The molecule has 0 aliphatic rings. The normalized spacial score (nSPS) is 18.8. The summed E-state index contributed by atoms with van der Waals surface area (Å²) in [5.74, 6) is -0.260. The van der Waals surface area contributed by atoms with E-state index in [-0.39, 0.29) is 18.2 Å². The summed E-state index contributed by atoms with van der Waals surface area (Å²) in [6.45, 7) is 0.680. The monoisotopic (exact) mass is 302 g/mol. The molecule has 21 heavy (non-hydrogen) atoms. The van der Waals surface area contributed by atoms with Crippen molar-refractivity contribution in [1.29, 1.82) is 0 Å². The van der Waals surface area contributed by atoms with E-state index in [1.54, 1.807) is 6.92 Å². The highest BCUT2D eigenvalue weighted by molar-refractivity contribution is 5.08. The summed E-state index contributed by atoms with van der Waals surface area (Å²) in [6.07, 6.45) is -2.42. The summed E-state index contributed by atoms with van der Waals surface area (Å²) in [6, 6.07) is 0. The molecule has 0 unspecified atom stereocenters. The number of aliphatic hydroxyl groups is 6. The first-order valence-electron chi connectivity index (χ1n) is 6.65. The lowest BCUT2D eigenvalue weighted by atomic mass is 9.99. The Labute approximate surface area is 122 Å². The van der Waals surface area contributed by atoms with Crippen molar-refractivity contribution < 1.29 is 30.6 Å². The molecule has 0 bridgehead atoms. The summed E-state index contributed by atoms with van der Waals surface area (Å²) in [5.41, 5.74) is 0.524. The van der Waals surface area contributed by atoms with Crippen LogP contribution in [-0.2, 0) is 6.42 Å². The Morgan fingerprint density at radius 2 is 1.62 bits per heavy atom. The van der Waals surface area contributed by atoms with Gasteiger partial charge in [-0.2, -0.15) is 0 Å². The minimum Gasteiger partial charge on any atom is -0.394 e. The average Bonchev–Trinajstić information content (AvgIpc) is 2.51. The topological polar surface area (TPSA) is 147 Å². The fourth-order valence-electron chi connectivity index (χ4n) is 1.80. The molecule has 0 fully saturated rings. The summed E-state index contributed by atoms with van der Waals surface area (Å²) < 4.78 is 0. The van der Waals surface area contributed by atoms with Crippen LogP contribution in [0.2, 0.25) is 0 Å². The Morgan fingerprint density at radius 1 is 1.00 bits per heavy atom. The van der Waals surface area contributed by atoms with Gasteiger partial charge >= 0.3 is 0 Å². The second-order valence-corrected chi connectivity index (χ2v) is 5.05. The van der Waals surface area contributed by atoms with E-state index in [0.29, 0.717) is 12.1 Å². The number of aliphatic hydroxyl groups excluding tert-OH is 6. The van der Waals surface area contributed by atoms with E-state index in [4.69, 9.17) is 10.2 Å². The van der Waals surface area contributed by atoms with Crippen LogP contribution in [0.1, 0.15) is 24.4 Å². The maximum absolute atomic E-state index is 9.89. The number of hydrogen-bond acceptors (Lipinski definition) is 8. The predicted molar refractivity (Wildman–Crippen MR) is 72.1 cm³/mol. The fraction of sp³-hybridized carbons (Fsp3) is 0.692. The van der Waals surface area contributed by atoms with Crippen LogP contribution in [-0.4, -0.2) is 72.1 Å². The molecule has 1 aromatic heterocycles. The van der Waals surface area contributed by atoms with Crippen molar-refractivity contribution >= 4 is 0 Å². The van der Waals surface area contributed by atoms with Gasteiger partial charge in [0, 0.05) is 6.20 Å². The molecule has 0 amide bonds. The van der Waals surface area contributed by atoms with Gasteiger partial charge in [0.05, 0.1) is 36.9 Å². The zero-order valence-electron chi connectivity index (χ0n) is 11.7. The first-order chi connectivity index (χ1) is 9.90. The minimum absolute atomic E-state index is 0.0539. The molecule has 0 radical (unpaired) electrons. The van der Waals surface area contributed by atoms with Gasteiger partial charge in [0.1, 0.15) is 18.3 Å². The van der Waals surface area contributed by atoms with Crippen molar-refractivity contribution in [2.45, 2.75) is 37.8 Å². The molecular weight excluding hydrogens is 280 g/mol. The van der Waals surface area contributed by atoms with E-state index in [2.05, 4.69) is 9.97 Å². The number of rotatable bonds is 8. The highest BCUT2D eigenvalue weighted by atomic mass is 16.4. The average molecular weight is 302 g/mol. The molecule has 0 aliphatic heterocycles. The highest BCUT2D eigenvalue weighted by Crippen LogP contribution is 2.18. The van der Waals surface area contributed by atoms with Crippen LogP contribution in [0.4, 0.5) is 0 Å². The zero-order valence-corrected chi connectivity index (χ0v) is 11.7. The van der Waals surface area contributed by atoms with Gasteiger partial charge in [-0.3, -0.25) is 9.97 Å². The van der Waals surface area contributed by atoms with Crippen LogP contribution in [0.15, 0.2) is 12.4 Å². The van der Waals surface area contributed by atoms with Gasteiger partial charge in [0.2, 0.25) is 0 Å². The summed E-state index contributed by atoms with van der Waals surface area (Å²) >= 11 is 0. The highest BCUT2D eigenvalue weighted by Gasteiger charge is 2.27. The number of aromatic nitrogens is 2. The molecule has 0 saturated heterocycles. The molecule has 0 saturated carbocycles. The Kier molecular flexibility index (Phi) is 7.09. The SMILES string of the molecule is C[C@H](Cc1cncc([C@H](O)[C@@H](O)[C@@H](O)CO)n1)[C@@H](O)CO.